The maximum absolute atomic E-state index is 13.0. The van der Waals surface area contributed by atoms with Crippen LogP contribution in [0.1, 0.15) is 55.4 Å². The fraction of sp³-hybridized carbons (Fsp3) is 0.476. The predicted octanol–water partition coefficient (Wildman–Crippen LogP) is 2.98. The minimum Gasteiger partial charge on any atom is -0.481 e. The topological polar surface area (TPSA) is 75.4 Å². The Morgan fingerprint density at radius 3 is 2.19 bits per heavy atom. The van der Waals surface area contributed by atoms with Crippen molar-refractivity contribution in [2.45, 2.75) is 44.4 Å². The molecule has 0 bridgehead atoms. The van der Waals surface area contributed by atoms with Gasteiger partial charge in [0, 0.05) is 25.6 Å². The lowest BCUT2D eigenvalue weighted by molar-refractivity contribution is -0.145. The lowest BCUT2D eigenvalue weighted by Gasteiger charge is -2.39. The second-order valence-electron chi connectivity index (χ2n) is 8.33. The summed E-state index contributed by atoms with van der Waals surface area (Å²) in [5, 5.41) is 14.4. The van der Waals surface area contributed by atoms with Crippen LogP contribution in [0.25, 0.3) is 0 Å². The molecule has 6 nitrogen and oxygen atoms in total. The average Bonchev–Trinajstić information content (AvgIpc) is 3.04. The normalized spacial score (nSPS) is 17.0. The number of hydrogen-bond acceptors (Lipinski definition) is 3. The van der Waals surface area contributed by atoms with Gasteiger partial charge in [-0.1, -0.05) is 51.1 Å². The number of benzene rings is 1. The molecule has 144 valence electrons. The van der Waals surface area contributed by atoms with Gasteiger partial charge < -0.3 is 10.0 Å². The number of piperidine rings is 1. The Morgan fingerprint density at radius 1 is 1.11 bits per heavy atom. The van der Waals surface area contributed by atoms with Gasteiger partial charge in [-0.25, -0.2) is 0 Å². The molecule has 27 heavy (non-hydrogen) atoms. The highest BCUT2D eigenvalue weighted by Crippen LogP contribution is 2.36. The lowest BCUT2D eigenvalue weighted by atomic mass is 9.73. The molecule has 2 aromatic rings. The third-order valence-corrected chi connectivity index (χ3v) is 5.51. The van der Waals surface area contributed by atoms with E-state index < -0.39 is 11.4 Å². The number of carbonyl (C=O) groups is 2. The van der Waals surface area contributed by atoms with Gasteiger partial charge in [-0.05, 0) is 24.5 Å². The van der Waals surface area contributed by atoms with Crippen molar-refractivity contribution in [1.29, 1.82) is 0 Å². The Balaban J connectivity index is 1.80. The van der Waals surface area contributed by atoms with Gasteiger partial charge in [-0.2, -0.15) is 5.10 Å². The van der Waals surface area contributed by atoms with Crippen molar-refractivity contribution >= 4 is 11.9 Å². The fourth-order valence-electron chi connectivity index (χ4n) is 3.67. The molecule has 2 heterocycles. The van der Waals surface area contributed by atoms with Gasteiger partial charge >= 0.3 is 5.97 Å². The summed E-state index contributed by atoms with van der Waals surface area (Å²) in [6.07, 6.45) is 0.810. The van der Waals surface area contributed by atoms with Crippen LogP contribution >= 0.6 is 0 Å². The third-order valence-electron chi connectivity index (χ3n) is 5.51. The standard InChI is InChI=1S/C21H27N3O3/c1-20(2,3)17-14-16(23(4)22-17)18(25)24-12-10-21(11-13-24,19(26)27)15-8-6-5-7-9-15/h5-9,14H,10-13H2,1-4H3,(H,26,27). The number of carbonyl (C=O) groups excluding carboxylic acids is 1. The SMILES string of the molecule is Cn1nc(C(C)(C)C)cc1C(=O)N1CCC(C(=O)O)(c2ccccc2)CC1. The van der Waals surface area contributed by atoms with Gasteiger partial charge in [0.25, 0.3) is 5.91 Å². The van der Waals surface area contributed by atoms with Crippen molar-refractivity contribution in [3.63, 3.8) is 0 Å². The van der Waals surface area contributed by atoms with Crippen molar-refractivity contribution in [2.24, 2.45) is 7.05 Å². The summed E-state index contributed by atoms with van der Waals surface area (Å²) in [5.74, 6) is -0.913. The number of aromatic nitrogens is 2. The largest absolute Gasteiger partial charge is 0.481 e. The summed E-state index contributed by atoms with van der Waals surface area (Å²) in [6, 6.07) is 11.2. The molecule has 1 aromatic heterocycles. The first-order valence-corrected chi connectivity index (χ1v) is 9.28. The number of hydrogen-bond donors (Lipinski definition) is 1. The van der Waals surface area contributed by atoms with Gasteiger partial charge in [-0.15, -0.1) is 0 Å². The molecule has 0 saturated carbocycles. The van der Waals surface area contributed by atoms with Crippen LogP contribution in [-0.2, 0) is 22.7 Å². The second kappa shape index (κ2) is 6.83. The Hall–Kier alpha value is -2.63. The number of aliphatic carboxylic acids is 1. The Kier molecular flexibility index (Phi) is 4.84. The molecule has 1 aromatic carbocycles. The first-order chi connectivity index (χ1) is 12.6. The molecule has 0 spiro atoms. The number of aryl methyl sites for hydroxylation is 1. The molecule has 3 rings (SSSR count). The molecule has 0 atom stereocenters. The van der Waals surface area contributed by atoms with E-state index in [0.717, 1.165) is 11.3 Å². The summed E-state index contributed by atoms with van der Waals surface area (Å²) < 4.78 is 1.62. The van der Waals surface area contributed by atoms with Crippen LogP contribution in [0.5, 0.6) is 0 Å². The van der Waals surface area contributed by atoms with Crippen LogP contribution in [0.15, 0.2) is 36.4 Å². The van der Waals surface area contributed by atoms with E-state index in [2.05, 4.69) is 25.9 Å². The van der Waals surface area contributed by atoms with Crippen molar-refractivity contribution in [3.05, 3.63) is 53.3 Å². The van der Waals surface area contributed by atoms with E-state index >= 15 is 0 Å². The van der Waals surface area contributed by atoms with E-state index in [-0.39, 0.29) is 11.3 Å². The van der Waals surface area contributed by atoms with Crippen LogP contribution in [0.4, 0.5) is 0 Å². The molecule has 1 fully saturated rings. The van der Waals surface area contributed by atoms with E-state index in [0.29, 0.717) is 31.6 Å². The molecule has 1 amide bonds. The summed E-state index contributed by atoms with van der Waals surface area (Å²) in [4.78, 5) is 26.8. The minimum atomic E-state index is -0.929. The van der Waals surface area contributed by atoms with Crippen molar-refractivity contribution in [2.75, 3.05) is 13.1 Å². The van der Waals surface area contributed by atoms with Gasteiger partial charge in [-0.3, -0.25) is 14.3 Å². The summed E-state index contributed by atoms with van der Waals surface area (Å²) in [7, 11) is 1.78. The molecule has 1 N–H and O–H groups in total. The van der Waals surface area contributed by atoms with Gasteiger partial charge in [0.1, 0.15) is 5.69 Å². The zero-order valence-electron chi connectivity index (χ0n) is 16.4. The van der Waals surface area contributed by atoms with Crippen molar-refractivity contribution in [3.8, 4) is 0 Å². The molecule has 0 radical (unpaired) electrons. The first-order valence-electron chi connectivity index (χ1n) is 9.28. The Labute approximate surface area is 159 Å². The Morgan fingerprint density at radius 2 is 1.70 bits per heavy atom. The van der Waals surface area contributed by atoms with Gasteiger partial charge in [0.15, 0.2) is 0 Å². The summed E-state index contributed by atoms with van der Waals surface area (Å²) in [6.45, 7) is 7.01. The van der Waals surface area contributed by atoms with Crippen LogP contribution in [0.2, 0.25) is 0 Å². The second-order valence-corrected chi connectivity index (χ2v) is 8.33. The van der Waals surface area contributed by atoms with Crippen molar-refractivity contribution < 1.29 is 14.7 Å². The number of carboxylic acids is 1. The molecular weight excluding hydrogens is 342 g/mol. The van der Waals surface area contributed by atoms with Crippen LogP contribution < -0.4 is 0 Å². The predicted molar refractivity (Wildman–Crippen MR) is 103 cm³/mol. The fourth-order valence-corrected chi connectivity index (χ4v) is 3.67. The molecule has 0 unspecified atom stereocenters. The highest BCUT2D eigenvalue weighted by atomic mass is 16.4. The van der Waals surface area contributed by atoms with Crippen molar-refractivity contribution in [1.82, 2.24) is 14.7 Å². The number of rotatable bonds is 3. The lowest BCUT2D eigenvalue weighted by Crippen LogP contribution is -2.49. The van der Waals surface area contributed by atoms with E-state index in [9.17, 15) is 14.7 Å². The van der Waals surface area contributed by atoms with Gasteiger partial charge in [0.2, 0.25) is 0 Å². The molecule has 1 aliphatic rings. The molecule has 1 aliphatic heterocycles. The maximum Gasteiger partial charge on any atom is 0.314 e. The average molecular weight is 369 g/mol. The number of likely N-dealkylation sites (tertiary alicyclic amines) is 1. The molecule has 6 heteroatoms. The highest BCUT2D eigenvalue weighted by molar-refractivity contribution is 5.93. The number of carboxylic acid groups (broad SMARTS) is 1. The zero-order chi connectivity index (χ0) is 19.8. The maximum atomic E-state index is 13.0. The smallest absolute Gasteiger partial charge is 0.314 e. The van der Waals surface area contributed by atoms with Gasteiger partial charge in [0.05, 0.1) is 11.1 Å². The third kappa shape index (κ3) is 3.48. The van der Waals surface area contributed by atoms with E-state index in [1.165, 1.54) is 0 Å². The monoisotopic (exact) mass is 369 g/mol. The van der Waals surface area contributed by atoms with Crippen LogP contribution in [-0.4, -0.2) is 44.8 Å². The molecular formula is C21H27N3O3. The number of nitrogens with zero attached hydrogens (tertiary/aromatic N) is 3. The molecule has 1 saturated heterocycles. The zero-order valence-corrected chi connectivity index (χ0v) is 16.4. The van der Waals surface area contributed by atoms with E-state index in [4.69, 9.17) is 0 Å². The quantitative estimate of drug-likeness (QED) is 0.902. The summed E-state index contributed by atoms with van der Waals surface area (Å²) in [5.41, 5.74) is 1.16. The summed E-state index contributed by atoms with van der Waals surface area (Å²) >= 11 is 0. The molecule has 0 aliphatic carbocycles. The van der Waals surface area contributed by atoms with Crippen LogP contribution in [0.3, 0.4) is 0 Å². The first kappa shape index (κ1) is 19.1. The minimum absolute atomic E-state index is 0.0902. The van der Waals surface area contributed by atoms with E-state index in [1.54, 1.807) is 16.6 Å². The Bertz CT molecular complexity index is 841. The van der Waals surface area contributed by atoms with E-state index in [1.807, 2.05) is 36.4 Å². The number of amides is 1. The highest BCUT2D eigenvalue weighted by Gasteiger charge is 2.44. The van der Waals surface area contributed by atoms with Crippen LogP contribution in [0, 0.1) is 0 Å².